The number of hydrogen-bond donors (Lipinski definition) is 2. The Balaban J connectivity index is 1.44. The molecule has 0 spiro atoms. The van der Waals surface area contributed by atoms with Gasteiger partial charge in [-0.25, -0.2) is 18.6 Å². The predicted octanol–water partition coefficient (Wildman–Crippen LogP) is 3.88. The Morgan fingerprint density at radius 2 is 1.91 bits per heavy atom. The van der Waals surface area contributed by atoms with Crippen LogP contribution in [-0.4, -0.2) is 27.7 Å². The maximum atomic E-state index is 14.3. The second-order valence-electron chi connectivity index (χ2n) is 7.89. The summed E-state index contributed by atoms with van der Waals surface area (Å²) in [4.78, 5) is 43.0. The van der Waals surface area contributed by atoms with E-state index in [0.717, 1.165) is 28.7 Å². The van der Waals surface area contributed by atoms with Gasteiger partial charge in [0.2, 0.25) is 5.91 Å². The summed E-state index contributed by atoms with van der Waals surface area (Å²) in [6.45, 7) is 3.12. The van der Waals surface area contributed by atoms with Crippen molar-refractivity contribution in [2.45, 2.75) is 32.4 Å². The number of nitrogens with one attached hydrogen (secondary N) is 2. The van der Waals surface area contributed by atoms with Gasteiger partial charge in [-0.2, -0.15) is 0 Å². The summed E-state index contributed by atoms with van der Waals surface area (Å²) in [6.07, 6.45) is 0.0326. The third kappa shape index (κ3) is 4.61. The number of hydrogen-bond acceptors (Lipinski definition) is 5. The lowest BCUT2D eigenvalue weighted by Gasteiger charge is -2.22. The number of carbonyl (C=O) groups excluding carboxylic acids is 3. The molecule has 0 radical (unpaired) electrons. The normalized spacial score (nSPS) is 17.9. The Morgan fingerprint density at radius 3 is 2.64 bits per heavy atom. The highest BCUT2D eigenvalue weighted by molar-refractivity contribution is 7.09. The monoisotopic (exact) mass is 470 g/mol. The molecule has 7 nitrogen and oxygen atoms in total. The Kier molecular flexibility index (Phi) is 5.94. The number of anilines is 1. The van der Waals surface area contributed by atoms with Gasteiger partial charge in [0, 0.05) is 16.6 Å². The van der Waals surface area contributed by atoms with Crippen molar-refractivity contribution in [3.8, 4) is 0 Å². The second-order valence-corrected chi connectivity index (χ2v) is 8.84. The quantitative estimate of drug-likeness (QED) is 0.535. The lowest BCUT2D eigenvalue weighted by molar-refractivity contribution is -0.131. The van der Waals surface area contributed by atoms with Crippen molar-refractivity contribution in [2.75, 3.05) is 5.32 Å². The molecular weight excluding hydrogens is 450 g/mol. The molecule has 0 bridgehead atoms. The summed E-state index contributed by atoms with van der Waals surface area (Å²) in [6, 6.07) is 9.38. The number of imide groups is 1. The number of aromatic nitrogens is 1. The number of benzene rings is 2. The average Bonchev–Trinajstić information content (AvgIpc) is 3.29. The molecule has 1 aliphatic rings. The molecule has 4 rings (SSSR count). The van der Waals surface area contributed by atoms with Crippen LogP contribution in [0.15, 0.2) is 47.8 Å². The van der Waals surface area contributed by atoms with Crippen molar-refractivity contribution in [1.82, 2.24) is 15.2 Å². The first kappa shape index (κ1) is 22.5. The van der Waals surface area contributed by atoms with Gasteiger partial charge in [0.1, 0.15) is 22.2 Å². The van der Waals surface area contributed by atoms with Gasteiger partial charge in [0.25, 0.3) is 5.91 Å². The minimum atomic E-state index is -1.74. The fourth-order valence-corrected chi connectivity index (χ4v) is 4.33. The Labute approximate surface area is 192 Å². The van der Waals surface area contributed by atoms with Crippen LogP contribution in [0.5, 0.6) is 0 Å². The van der Waals surface area contributed by atoms with Crippen molar-refractivity contribution < 1.29 is 23.2 Å². The first-order valence-corrected chi connectivity index (χ1v) is 10.9. The highest BCUT2D eigenvalue weighted by atomic mass is 32.1. The van der Waals surface area contributed by atoms with E-state index in [2.05, 4.69) is 15.6 Å². The van der Waals surface area contributed by atoms with Gasteiger partial charge in [-0.1, -0.05) is 17.7 Å². The molecule has 1 aromatic heterocycles. The zero-order valence-corrected chi connectivity index (χ0v) is 18.6. The van der Waals surface area contributed by atoms with Crippen LogP contribution in [0.1, 0.15) is 28.8 Å². The molecule has 2 heterocycles. The van der Waals surface area contributed by atoms with E-state index in [-0.39, 0.29) is 24.4 Å². The maximum Gasteiger partial charge on any atom is 0.325 e. The fourth-order valence-electron chi connectivity index (χ4n) is 3.55. The molecule has 170 valence electrons. The molecule has 1 unspecified atom stereocenters. The number of amides is 4. The summed E-state index contributed by atoms with van der Waals surface area (Å²) >= 11 is 1.23. The van der Waals surface area contributed by atoms with Crippen molar-refractivity contribution in [3.63, 3.8) is 0 Å². The molecule has 3 aromatic rings. The second kappa shape index (κ2) is 8.70. The van der Waals surface area contributed by atoms with Crippen LogP contribution >= 0.6 is 11.3 Å². The molecule has 0 saturated carbocycles. The minimum Gasteiger partial charge on any atom is -0.326 e. The van der Waals surface area contributed by atoms with E-state index in [0.29, 0.717) is 16.4 Å². The fraction of sp³-hybridized carbons (Fsp3) is 0.217. The maximum absolute atomic E-state index is 14.3. The number of nitrogens with zero attached hydrogens (tertiary/aromatic N) is 2. The molecule has 2 N–H and O–H groups in total. The van der Waals surface area contributed by atoms with Crippen molar-refractivity contribution >= 4 is 34.9 Å². The number of rotatable bonds is 6. The standard InChI is InChI=1S/C23H20F2N4O3S/c1-13-3-6-15(7-4-13)26-19(30)10-20-27-16(12-33-20)11-29-21(31)23(2,28-22(29)32)17-9-14(24)5-8-18(17)25/h3-9,12H,10-11H2,1-2H3,(H,26,30)(H,28,32). The Hall–Kier alpha value is -3.66. The molecule has 33 heavy (non-hydrogen) atoms. The molecule has 1 fully saturated rings. The van der Waals surface area contributed by atoms with Gasteiger partial charge in [-0.3, -0.25) is 14.5 Å². The van der Waals surface area contributed by atoms with Crippen LogP contribution in [0, 0.1) is 18.6 Å². The average molecular weight is 471 g/mol. The van der Waals surface area contributed by atoms with E-state index in [1.807, 2.05) is 19.1 Å². The third-order valence-corrected chi connectivity index (χ3v) is 6.21. The van der Waals surface area contributed by atoms with E-state index in [1.165, 1.54) is 18.3 Å². The zero-order chi connectivity index (χ0) is 23.8. The lowest BCUT2D eigenvalue weighted by Crippen LogP contribution is -2.41. The minimum absolute atomic E-state index is 0.0326. The summed E-state index contributed by atoms with van der Waals surface area (Å²) in [5.41, 5.74) is 0.163. The number of thiazole rings is 1. The summed E-state index contributed by atoms with van der Waals surface area (Å²) < 4.78 is 27.9. The molecule has 0 aliphatic carbocycles. The lowest BCUT2D eigenvalue weighted by atomic mass is 9.91. The number of aryl methyl sites for hydroxylation is 1. The van der Waals surface area contributed by atoms with E-state index in [4.69, 9.17) is 0 Å². The SMILES string of the molecule is Cc1ccc(NC(=O)Cc2nc(CN3C(=O)NC(C)(c4cc(F)ccc4F)C3=O)cs2)cc1. The van der Waals surface area contributed by atoms with Crippen molar-refractivity contribution in [2.24, 2.45) is 0 Å². The van der Waals surface area contributed by atoms with Crippen LogP contribution in [0.2, 0.25) is 0 Å². The molecular formula is C23H20F2N4O3S. The Bertz CT molecular complexity index is 1240. The van der Waals surface area contributed by atoms with Gasteiger partial charge in [0.05, 0.1) is 18.7 Å². The van der Waals surface area contributed by atoms with Crippen LogP contribution in [0.4, 0.5) is 19.3 Å². The van der Waals surface area contributed by atoms with E-state index in [9.17, 15) is 23.2 Å². The zero-order valence-electron chi connectivity index (χ0n) is 17.8. The molecule has 1 saturated heterocycles. The largest absolute Gasteiger partial charge is 0.326 e. The molecule has 2 aromatic carbocycles. The van der Waals surface area contributed by atoms with Gasteiger partial charge >= 0.3 is 6.03 Å². The summed E-state index contributed by atoms with van der Waals surface area (Å²) in [5.74, 6) is -2.49. The van der Waals surface area contributed by atoms with Crippen LogP contribution in [0.3, 0.4) is 0 Å². The van der Waals surface area contributed by atoms with Gasteiger partial charge < -0.3 is 10.6 Å². The molecule has 10 heteroatoms. The summed E-state index contributed by atoms with van der Waals surface area (Å²) in [5, 5.41) is 7.39. The van der Waals surface area contributed by atoms with Crippen molar-refractivity contribution in [1.29, 1.82) is 0 Å². The first-order valence-electron chi connectivity index (χ1n) is 10.0. The molecule has 1 aliphatic heterocycles. The molecule has 4 amide bonds. The Morgan fingerprint density at radius 1 is 1.18 bits per heavy atom. The van der Waals surface area contributed by atoms with Crippen LogP contribution < -0.4 is 10.6 Å². The number of carbonyl (C=O) groups is 3. The molecule has 1 atom stereocenters. The number of halogens is 2. The van der Waals surface area contributed by atoms with Crippen molar-refractivity contribution in [3.05, 3.63) is 81.3 Å². The first-order chi connectivity index (χ1) is 15.7. The van der Waals surface area contributed by atoms with Crippen LogP contribution in [0.25, 0.3) is 0 Å². The number of urea groups is 1. The highest BCUT2D eigenvalue weighted by Crippen LogP contribution is 2.32. The topological polar surface area (TPSA) is 91.4 Å². The van der Waals surface area contributed by atoms with E-state index in [1.54, 1.807) is 17.5 Å². The predicted molar refractivity (Wildman–Crippen MR) is 118 cm³/mol. The van der Waals surface area contributed by atoms with E-state index < -0.39 is 29.1 Å². The van der Waals surface area contributed by atoms with Crippen LogP contribution in [-0.2, 0) is 28.1 Å². The van der Waals surface area contributed by atoms with E-state index >= 15 is 0 Å². The van der Waals surface area contributed by atoms with Gasteiger partial charge in [0.15, 0.2) is 0 Å². The third-order valence-electron chi connectivity index (χ3n) is 5.31. The smallest absolute Gasteiger partial charge is 0.325 e. The van der Waals surface area contributed by atoms with Gasteiger partial charge in [-0.05, 0) is 44.2 Å². The summed E-state index contributed by atoms with van der Waals surface area (Å²) in [7, 11) is 0. The van der Waals surface area contributed by atoms with Gasteiger partial charge in [-0.15, -0.1) is 11.3 Å². The highest BCUT2D eigenvalue weighted by Gasteiger charge is 2.50.